The van der Waals surface area contributed by atoms with Crippen molar-refractivity contribution in [2.24, 2.45) is 0 Å². The van der Waals surface area contributed by atoms with Gasteiger partial charge in [0.05, 0.1) is 32.4 Å². The fraction of sp³-hybridized carbons (Fsp3) is 0.185. The highest BCUT2D eigenvalue weighted by molar-refractivity contribution is 6.51. The smallest absolute Gasteiger partial charge is 0.300 e. The SMILES string of the molecule is CCOc1ccc(C(O)=C2C(=O)C(=O)N(c3ccc(OC)cc3)[C@H]2c2ccc(OC)cc2)cc1. The number of rotatable bonds is 7. The average Bonchev–Trinajstić information content (AvgIpc) is 3.14. The molecule has 0 unspecified atom stereocenters. The van der Waals surface area contributed by atoms with Crippen LogP contribution < -0.4 is 19.1 Å². The topological polar surface area (TPSA) is 85.3 Å². The average molecular weight is 459 g/mol. The van der Waals surface area contributed by atoms with Gasteiger partial charge >= 0.3 is 0 Å². The highest BCUT2D eigenvalue weighted by Crippen LogP contribution is 2.42. The molecule has 1 heterocycles. The van der Waals surface area contributed by atoms with E-state index in [0.717, 1.165) is 0 Å². The summed E-state index contributed by atoms with van der Waals surface area (Å²) in [6, 6.07) is 19.8. The first kappa shape index (κ1) is 22.9. The second kappa shape index (κ2) is 9.70. The maximum atomic E-state index is 13.2. The van der Waals surface area contributed by atoms with Crippen molar-refractivity contribution in [2.45, 2.75) is 13.0 Å². The third-order valence-electron chi connectivity index (χ3n) is 5.67. The van der Waals surface area contributed by atoms with E-state index in [1.165, 1.54) is 4.90 Å². The first-order valence-corrected chi connectivity index (χ1v) is 10.8. The van der Waals surface area contributed by atoms with Crippen LogP contribution in [0.2, 0.25) is 0 Å². The molecule has 174 valence electrons. The molecular weight excluding hydrogens is 434 g/mol. The van der Waals surface area contributed by atoms with Gasteiger partial charge in [0.15, 0.2) is 0 Å². The Bertz CT molecular complexity index is 1210. The molecule has 1 amide bonds. The lowest BCUT2D eigenvalue weighted by molar-refractivity contribution is -0.132. The molecule has 34 heavy (non-hydrogen) atoms. The standard InChI is InChI=1S/C27H25NO6/c1-4-34-22-13-7-18(8-14-22)25(29)23-24(17-5-11-20(32-2)12-6-17)28(27(31)26(23)30)19-9-15-21(33-3)16-10-19/h5-16,24,29H,4H2,1-3H3/t24-/m0/s1. The molecule has 1 fully saturated rings. The summed E-state index contributed by atoms with van der Waals surface area (Å²) in [5.74, 6) is 0.163. The molecule has 1 aliphatic rings. The minimum absolute atomic E-state index is 0.00939. The van der Waals surface area contributed by atoms with Crippen LogP contribution >= 0.6 is 0 Å². The number of aliphatic hydroxyl groups excluding tert-OH is 1. The third kappa shape index (κ3) is 4.20. The van der Waals surface area contributed by atoms with Crippen molar-refractivity contribution in [1.82, 2.24) is 0 Å². The van der Waals surface area contributed by atoms with Gasteiger partial charge in [0.2, 0.25) is 0 Å². The molecule has 0 aromatic heterocycles. The Morgan fingerprint density at radius 1 is 0.824 bits per heavy atom. The number of Topliss-reactive ketones (excluding diaryl/α,β-unsaturated/α-hetero) is 1. The van der Waals surface area contributed by atoms with Crippen LogP contribution in [0.4, 0.5) is 5.69 Å². The lowest BCUT2D eigenvalue weighted by atomic mass is 9.95. The number of hydrogen-bond acceptors (Lipinski definition) is 6. The quantitative estimate of drug-likeness (QED) is 0.312. The van der Waals surface area contributed by atoms with Crippen molar-refractivity contribution in [3.63, 3.8) is 0 Å². The van der Waals surface area contributed by atoms with Crippen LogP contribution in [0.1, 0.15) is 24.1 Å². The summed E-state index contributed by atoms with van der Waals surface area (Å²) in [6.45, 7) is 2.39. The van der Waals surface area contributed by atoms with E-state index >= 15 is 0 Å². The van der Waals surface area contributed by atoms with Gasteiger partial charge in [-0.1, -0.05) is 12.1 Å². The number of aliphatic hydroxyl groups is 1. The van der Waals surface area contributed by atoms with Crippen molar-refractivity contribution in [2.75, 3.05) is 25.7 Å². The summed E-state index contributed by atoms with van der Waals surface area (Å²) in [4.78, 5) is 27.8. The Hall–Kier alpha value is -4.26. The molecule has 0 bridgehead atoms. The summed E-state index contributed by atoms with van der Waals surface area (Å²) in [5.41, 5.74) is 1.59. The molecule has 0 radical (unpaired) electrons. The zero-order chi connectivity index (χ0) is 24.2. The number of ether oxygens (including phenoxy) is 3. The number of methoxy groups -OCH3 is 2. The fourth-order valence-corrected chi connectivity index (χ4v) is 3.97. The van der Waals surface area contributed by atoms with E-state index in [-0.39, 0.29) is 11.3 Å². The monoisotopic (exact) mass is 459 g/mol. The number of anilines is 1. The van der Waals surface area contributed by atoms with Crippen molar-refractivity contribution in [3.8, 4) is 17.2 Å². The maximum Gasteiger partial charge on any atom is 0.300 e. The Kier molecular flexibility index (Phi) is 6.54. The van der Waals surface area contributed by atoms with Crippen LogP contribution in [-0.4, -0.2) is 37.6 Å². The van der Waals surface area contributed by atoms with Gasteiger partial charge in [-0.25, -0.2) is 0 Å². The predicted molar refractivity (Wildman–Crippen MR) is 128 cm³/mol. The molecule has 3 aromatic rings. The second-order valence-corrected chi connectivity index (χ2v) is 7.60. The molecule has 4 rings (SSSR count). The summed E-state index contributed by atoms with van der Waals surface area (Å²) in [5, 5.41) is 11.2. The van der Waals surface area contributed by atoms with E-state index in [1.807, 2.05) is 6.92 Å². The van der Waals surface area contributed by atoms with Gasteiger partial charge in [0.1, 0.15) is 23.0 Å². The van der Waals surface area contributed by atoms with Gasteiger partial charge in [-0.3, -0.25) is 14.5 Å². The van der Waals surface area contributed by atoms with Crippen LogP contribution in [0.5, 0.6) is 17.2 Å². The molecule has 1 aliphatic heterocycles. The van der Waals surface area contributed by atoms with E-state index in [4.69, 9.17) is 14.2 Å². The first-order chi connectivity index (χ1) is 16.5. The summed E-state index contributed by atoms with van der Waals surface area (Å²) >= 11 is 0. The Balaban J connectivity index is 1.86. The number of hydrogen-bond donors (Lipinski definition) is 1. The zero-order valence-electron chi connectivity index (χ0n) is 19.1. The number of ketones is 1. The van der Waals surface area contributed by atoms with Crippen LogP contribution in [0.15, 0.2) is 78.4 Å². The summed E-state index contributed by atoms with van der Waals surface area (Å²) in [6.07, 6.45) is 0. The Labute approximate surface area is 197 Å². The Morgan fingerprint density at radius 2 is 1.35 bits per heavy atom. The van der Waals surface area contributed by atoms with Gasteiger partial charge in [-0.05, 0) is 73.2 Å². The van der Waals surface area contributed by atoms with E-state index < -0.39 is 17.7 Å². The summed E-state index contributed by atoms with van der Waals surface area (Å²) in [7, 11) is 3.11. The largest absolute Gasteiger partial charge is 0.507 e. The fourth-order valence-electron chi connectivity index (χ4n) is 3.97. The van der Waals surface area contributed by atoms with Gasteiger partial charge in [-0.2, -0.15) is 0 Å². The molecule has 1 atom stereocenters. The lowest BCUT2D eigenvalue weighted by Gasteiger charge is -2.25. The van der Waals surface area contributed by atoms with E-state index in [2.05, 4.69) is 0 Å². The normalized spacial score (nSPS) is 17.0. The van der Waals surface area contributed by atoms with E-state index in [9.17, 15) is 14.7 Å². The van der Waals surface area contributed by atoms with Gasteiger partial charge in [0, 0.05) is 11.3 Å². The minimum Gasteiger partial charge on any atom is -0.507 e. The van der Waals surface area contributed by atoms with Crippen LogP contribution in [0, 0.1) is 0 Å². The van der Waals surface area contributed by atoms with Crippen LogP contribution in [0.3, 0.4) is 0 Å². The highest BCUT2D eigenvalue weighted by atomic mass is 16.5. The molecule has 3 aromatic carbocycles. The van der Waals surface area contributed by atoms with Gasteiger partial charge < -0.3 is 19.3 Å². The van der Waals surface area contributed by atoms with Crippen LogP contribution in [0.25, 0.3) is 5.76 Å². The van der Waals surface area contributed by atoms with Crippen molar-refractivity contribution in [1.29, 1.82) is 0 Å². The molecular formula is C27H25NO6. The number of nitrogens with zero attached hydrogens (tertiary/aromatic N) is 1. The third-order valence-corrected chi connectivity index (χ3v) is 5.67. The van der Waals surface area contributed by atoms with Gasteiger partial charge in [-0.15, -0.1) is 0 Å². The zero-order valence-corrected chi connectivity index (χ0v) is 19.1. The van der Waals surface area contributed by atoms with Crippen molar-refractivity contribution >= 4 is 23.1 Å². The van der Waals surface area contributed by atoms with Crippen molar-refractivity contribution in [3.05, 3.63) is 89.5 Å². The van der Waals surface area contributed by atoms with E-state index in [1.54, 1.807) is 87.0 Å². The maximum absolute atomic E-state index is 13.2. The van der Waals surface area contributed by atoms with E-state index in [0.29, 0.717) is 40.7 Å². The molecule has 7 heteroatoms. The molecule has 0 saturated carbocycles. The molecule has 1 saturated heterocycles. The molecule has 0 aliphatic carbocycles. The van der Waals surface area contributed by atoms with Crippen molar-refractivity contribution < 1.29 is 28.9 Å². The molecule has 7 nitrogen and oxygen atoms in total. The molecule has 1 N–H and O–H groups in total. The second-order valence-electron chi connectivity index (χ2n) is 7.60. The minimum atomic E-state index is -0.828. The number of carbonyl (C=O) groups is 2. The van der Waals surface area contributed by atoms with Gasteiger partial charge in [0.25, 0.3) is 11.7 Å². The van der Waals surface area contributed by atoms with Crippen LogP contribution in [-0.2, 0) is 9.59 Å². The lowest BCUT2D eigenvalue weighted by Crippen LogP contribution is -2.29. The molecule has 0 spiro atoms. The number of benzene rings is 3. The summed E-state index contributed by atoms with van der Waals surface area (Å²) < 4.78 is 15.9. The number of carbonyl (C=O) groups excluding carboxylic acids is 2. The Morgan fingerprint density at radius 3 is 1.88 bits per heavy atom. The highest BCUT2D eigenvalue weighted by Gasteiger charge is 2.47. The number of amides is 1. The first-order valence-electron chi connectivity index (χ1n) is 10.8. The predicted octanol–water partition coefficient (Wildman–Crippen LogP) is 4.73.